The molecule has 4 rings (SSSR count). The lowest BCUT2D eigenvalue weighted by Gasteiger charge is -2.34. The van der Waals surface area contributed by atoms with E-state index < -0.39 is 23.8 Å². The van der Waals surface area contributed by atoms with E-state index in [0.717, 1.165) is 4.90 Å². The molecule has 2 unspecified atom stereocenters. The predicted molar refractivity (Wildman–Crippen MR) is 124 cm³/mol. The zero-order chi connectivity index (χ0) is 23.5. The van der Waals surface area contributed by atoms with E-state index in [9.17, 15) is 19.5 Å². The number of fused-ring (bicyclic) bond motifs is 1. The molecule has 0 bridgehead atoms. The molecule has 0 saturated carbocycles. The average Bonchev–Trinajstić information content (AvgIpc) is 3.09. The third-order valence-corrected chi connectivity index (χ3v) is 6.02. The van der Waals surface area contributed by atoms with Crippen LogP contribution in [0.15, 0.2) is 72.9 Å². The van der Waals surface area contributed by atoms with Crippen LogP contribution in [0, 0.1) is 5.92 Å². The van der Waals surface area contributed by atoms with E-state index in [1.54, 1.807) is 60.8 Å². The molecular weight excluding hydrogens is 418 g/mol. The highest BCUT2D eigenvalue weighted by molar-refractivity contribution is 6.23. The lowest BCUT2D eigenvalue weighted by molar-refractivity contribution is -0.124. The Kier molecular flexibility index (Phi) is 6.22. The first kappa shape index (κ1) is 22.2. The first-order chi connectivity index (χ1) is 15.9. The number of phenols is 1. The highest BCUT2D eigenvalue weighted by Crippen LogP contribution is 2.33. The number of pyridine rings is 1. The summed E-state index contributed by atoms with van der Waals surface area (Å²) < 4.78 is 0. The summed E-state index contributed by atoms with van der Waals surface area (Å²) in [5, 5.41) is 10.5. The van der Waals surface area contributed by atoms with E-state index in [2.05, 4.69) is 4.98 Å². The Balaban J connectivity index is 1.78. The van der Waals surface area contributed by atoms with Crippen LogP contribution in [0.25, 0.3) is 0 Å². The molecule has 7 heteroatoms. The Hall–Kier alpha value is -4.00. The molecular formula is C26H25N3O4. The Morgan fingerprint density at radius 1 is 0.970 bits per heavy atom. The van der Waals surface area contributed by atoms with Gasteiger partial charge in [-0.15, -0.1) is 0 Å². The molecule has 2 heterocycles. The number of nitrogens with zero attached hydrogens (tertiary/aromatic N) is 3. The van der Waals surface area contributed by atoms with Crippen molar-refractivity contribution < 1.29 is 19.5 Å². The Labute approximate surface area is 192 Å². The van der Waals surface area contributed by atoms with Gasteiger partial charge in [0.2, 0.25) is 0 Å². The summed E-state index contributed by atoms with van der Waals surface area (Å²) in [4.78, 5) is 47.3. The van der Waals surface area contributed by atoms with E-state index in [1.807, 2.05) is 19.9 Å². The van der Waals surface area contributed by atoms with Crippen LogP contribution >= 0.6 is 0 Å². The molecule has 1 N–H and O–H groups in total. The minimum atomic E-state index is -1.04. The monoisotopic (exact) mass is 443 g/mol. The second kappa shape index (κ2) is 9.24. The van der Waals surface area contributed by atoms with Gasteiger partial charge in [0.1, 0.15) is 11.8 Å². The second-order valence-electron chi connectivity index (χ2n) is 8.09. The molecule has 0 saturated heterocycles. The lowest BCUT2D eigenvalue weighted by Crippen LogP contribution is -2.54. The van der Waals surface area contributed by atoms with Gasteiger partial charge in [-0.2, -0.15) is 0 Å². The fourth-order valence-corrected chi connectivity index (χ4v) is 4.08. The van der Waals surface area contributed by atoms with E-state index in [0.29, 0.717) is 23.2 Å². The molecule has 2 aromatic carbocycles. The van der Waals surface area contributed by atoms with Gasteiger partial charge < -0.3 is 10.0 Å². The number of imide groups is 1. The topological polar surface area (TPSA) is 90.8 Å². The third kappa shape index (κ3) is 4.09. The second-order valence-corrected chi connectivity index (χ2v) is 8.09. The van der Waals surface area contributed by atoms with Crippen LogP contribution in [0.5, 0.6) is 5.75 Å². The maximum Gasteiger partial charge on any atom is 0.262 e. The molecule has 0 radical (unpaired) electrons. The molecule has 0 spiro atoms. The molecule has 3 aromatic rings. The molecule has 1 aliphatic heterocycles. The van der Waals surface area contributed by atoms with Crippen molar-refractivity contribution in [1.82, 2.24) is 9.88 Å². The number of amides is 3. The normalized spacial score (nSPS) is 14.7. The van der Waals surface area contributed by atoms with Crippen molar-refractivity contribution in [2.24, 2.45) is 5.92 Å². The molecule has 3 amide bonds. The van der Waals surface area contributed by atoms with Gasteiger partial charge in [0.25, 0.3) is 17.7 Å². The Morgan fingerprint density at radius 3 is 2.15 bits per heavy atom. The van der Waals surface area contributed by atoms with Crippen LogP contribution < -0.4 is 4.90 Å². The van der Waals surface area contributed by atoms with Crippen LogP contribution in [0.2, 0.25) is 0 Å². The van der Waals surface area contributed by atoms with Gasteiger partial charge >= 0.3 is 0 Å². The summed E-state index contributed by atoms with van der Waals surface area (Å²) in [5.41, 5.74) is 1.49. The van der Waals surface area contributed by atoms with Gasteiger partial charge in [-0.25, -0.2) is 0 Å². The van der Waals surface area contributed by atoms with Crippen LogP contribution in [-0.2, 0) is 11.3 Å². The zero-order valence-corrected chi connectivity index (χ0v) is 18.5. The number of rotatable bonds is 7. The largest absolute Gasteiger partial charge is 0.506 e. The van der Waals surface area contributed by atoms with Crippen molar-refractivity contribution in [2.75, 3.05) is 4.90 Å². The molecule has 1 aromatic heterocycles. The number of anilines is 1. The summed E-state index contributed by atoms with van der Waals surface area (Å²) in [7, 11) is 0. The number of carbonyl (C=O) groups is 3. The molecule has 1 aliphatic rings. The number of aromatic nitrogens is 1. The number of benzene rings is 2. The van der Waals surface area contributed by atoms with Crippen LogP contribution in [0.1, 0.15) is 46.7 Å². The van der Waals surface area contributed by atoms with Gasteiger partial charge in [-0.3, -0.25) is 24.3 Å². The fraction of sp³-hybridized carbons (Fsp3) is 0.231. The first-order valence-electron chi connectivity index (χ1n) is 10.9. The van der Waals surface area contributed by atoms with Gasteiger partial charge in [-0.1, -0.05) is 50.6 Å². The third-order valence-electron chi connectivity index (χ3n) is 6.02. The standard InChI is InChI=1S/C26H25N3O4/c1-3-17(2)23(29-24(31)19-11-4-5-12-20(19)25(29)32)26(33)28(16-18-10-8-9-15-27-18)21-13-6-7-14-22(21)30/h4-15,17,23,30H,3,16H2,1-2H3. The number of para-hydroxylation sites is 2. The average molecular weight is 444 g/mol. The Morgan fingerprint density at radius 2 is 1.58 bits per heavy atom. The van der Waals surface area contributed by atoms with Gasteiger partial charge in [0.15, 0.2) is 0 Å². The van der Waals surface area contributed by atoms with E-state index in [4.69, 9.17) is 0 Å². The van der Waals surface area contributed by atoms with Crippen molar-refractivity contribution in [1.29, 1.82) is 0 Å². The fourth-order valence-electron chi connectivity index (χ4n) is 4.08. The maximum absolute atomic E-state index is 14.1. The summed E-state index contributed by atoms with van der Waals surface area (Å²) in [6.07, 6.45) is 2.20. The van der Waals surface area contributed by atoms with Crippen LogP contribution in [0.4, 0.5) is 5.69 Å². The molecule has 33 heavy (non-hydrogen) atoms. The van der Waals surface area contributed by atoms with Crippen molar-refractivity contribution >= 4 is 23.4 Å². The van der Waals surface area contributed by atoms with Crippen molar-refractivity contribution in [3.05, 3.63) is 89.7 Å². The lowest BCUT2D eigenvalue weighted by atomic mass is 9.95. The van der Waals surface area contributed by atoms with Crippen LogP contribution in [-0.4, -0.2) is 38.8 Å². The quantitative estimate of drug-likeness (QED) is 0.557. The molecule has 168 valence electrons. The van der Waals surface area contributed by atoms with Gasteiger partial charge in [0.05, 0.1) is 29.1 Å². The smallest absolute Gasteiger partial charge is 0.262 e. The van der Waals surface area contributed by atoms with E-state index in [1.165, 1.54) is 11.0 Å². The maximum atomic E-state index is 14.1. The van der Waals surface area contributed by atoms with E-state index in [-0.39, 0.29) is 23.9 Å². The summed E-state index contributed by atoms with van der Waals surface area (Å²) in [6.45, 7) is 3.83. The predicted octanol–water partition coefficient (Wildman–Crippen LogP) is 4.03. The minimum absolute atomic E-state index is 0.0767. The Bertz CT molecular complexity index is 1160. The van der Waals surface area contributed by atoms with Gasteiger partial charge in [-0.05, 0) is 42.3 Å². The number of hydrogen-bond acceptors (Lipinski definition) is 5. The molecule has 7 nitrogen and oxygen atoms in total. The minimum Gasteiger partial charge on any atom is -0.506 e. The molecule has 0 fully saturated rings. The number of aromatic hydroxyl groups is 1. The number of carbonyl (C=O) groups excluding carboxylic acids is 3. The summed E-state index contributed by atoms with van der Waals surface area (Å²) >= 11 is 0. The van der Waals surface area contributed by atoms with Gasteiger partial charge in [0, 0.05) is 6.20 Å². The summed E-state index contributed by atoms with van der Waals surface area (Å²) in [5.74, 6) is -1.80. The SMILES string of the molecule is CCC(C)C(C(=O)N(Cc1ccccn1)c1ccccc1O)N1C(=O)c2ccccc2C1=O. The highest BCUT2D eigenvalue weighted by atomic mass is 16.3. The number of hydrogen-bond donors (Lipinski definition) is 1. The van der Waals surface area contributed by atoms with Crippen LogP contribution in [0.3, 0.4) is 0 Å². The molecule has 2 atom stereocenters. The number of phenolic OH excluding ortho intramolecular Hbond substituents is 1. The zero-order valence-electron chi connectivity index (χ0n) is 18.5. The van der Waals surface area contributed by atoms with Crippen molar-refractivity contribution in [3.63, 3.8) is 0 Å². The first-order valence-corrected chi connectivity index (χ1v) is 10.9. The van der Waals surface area contributed by atoms with Crippen molar-refractivity contribution in [3.8, 4) is 5.75 Å². The van der Waals surface area contributed by atoms with E-state index >= 15 is 0 Å². The van der Waals surface area contributed by atoms with Crippen molar-refractivity contribution in [2.45, 2.75) is 32.9 Å². The molecule has 0 aliphatic carbocycles. The highest BCUT2D eigenvalue weighted by Gasteiger charge is 2.46. The summed E-state index contributed by atoms with van der Waals surface area (Å²) in [6, 6.07) is 17.4.